The quantitative estimate of drug-likeness (QED) is 0.729. The van der Waals surface area contributed by atoms with Crippen LogP contribution in [0.5, 0.6) is 0 Å². The van der Waals surface area contributed by atoms with Gasteiger partial charge in [-0.3, -0.25) is 9.59 Å². The van der Waals surface area contributed by atoms with Crippen LogP contribution in [-0.2, 0) is 9.59 Å². The predicted molar refractivity (Wildman–Crippen MR) is 83.3 cm³/mol. The number of anilines is 1. The Morgan fingerprint density at radius 1 is 1.29 bits per heavy atom. The minimum Gasteiger partial charge on any atom is -0.394 e. The van der Waals surface area contributed by atoms with E-state index in [1.54, 1.807) is 12.1 Å². The van der Waals surface area contributed by atoms with Crippen LogP contribution >= 0.6 is 11.6 Å². The normalized spacial score (nSPS) is 12.1. The highest BCUT2D eigenvalue weighted by Crippen LogP contribution is 2.22. The molecule has 3 N–H and O–H groups in total. The molecule has 21 heavy (non-hydrogen) atoms. The third-order valence-electron chi connectivity index (χ3n) is 2.89. The fourth-order valence-corrected chi connectivity index (χ4v) is 2.08. The Morgan fingerprint density at radius 2 is 1.95 bits per heavy atom. The summed E-state index contributed by atoms with van der Waals surface area (Å²) in [7, 11) is 0. The number of hydrogen-bond donors (Lipinski definition) is 3. The second-order valence-corrected chi connectivity index (χ2v) is 5.83. The summed E-state index contributed by atoms with van der Waals surface area (Å²) in [5.41, 5.74) is 1.31. The van der Waals surface area contributed by atoms with Crippen LogP contribution in [-0.4, -0.2) is 29.6 Å². The number of hydrogen-bond acceptors (Lipinski definition) is 3. The molecule has 0 saturated carbocycles. The van der Waals surface area contributed by atoms with Gasteiger partial charge < -0.3 is 15.7 Å². The molecule has 1 aromatic rings. The van der Waals surface area contributed by atoms with Gasteiger partial charge in [-0.2, -0.15) is 0 Å². The second-order valence-electron chi connectivity index (χ2n) is 5.42. The van der Waals surface area contributed by atoms with E-state index in [0.717, 1.165) is 5.56 Å². The molecule has 1 unspecified atom stereocenters. The molecule has 6 heteroatoms. The van der Waals surface area contributed by atoms with E-state index in [4.69, 9.17) is 11.6 Å². The van der Waals surface area contributed by atoms with Crippen molar-refractivity contribution in [3.8, 4) is 0 Å². The molecule has 116 valence electrons. The number of rotatable bonds is 5. The molecule has 0 saturated heterocycles. The fourth-order valence-electron chi connectivity index (χ4n) is 1.91. The number of aliphatic hydroxyl groups is 1. The molecule has 5 nitrogen and oxygen atoms in total. The number of halogens is 1. The molecule has 0 radical (unpaired) electrons. The molecule has 1 rings (SSSR count). The van der Waals surface area contributed by atoms with E-state index >= 15 is 0 Å². The summed E-state index contributed by atoms with van der Waals surface area (Å²) in [5, 5.41) is 14.5. The Bertz CT molecular complexity index is 518. The number of carbonyl (C=O) groups is 2. The standard InChI is InChI=1S/C15H21ClN2O3/c1-9(2)6-11(8-19)17-14(20)15(21)18-13-7-10(3)4-5-12(13)16/h4-5,7,9,11,19H,6,8H2,1-3H3,(H,17,20)(H,18,21). The van der Waals surface area contributed by atoms with Crippen molar-refractivity contribution in [3.63, 3.8) is 0 Å². The highest BCUT2D eigenvalue weighted by atomic mass is 35.5. The first-order valence-electron chi connectivity index (χ1n) is 6.82. The monoisotopic (exact) mass is 312 g/mol. The van der Waals surface area contributed by atoms with Crippen LogP contribution in [0.15, 0.2) is 18.2 Å². The van der Waals surface area contributed by atoms with Crippen LogP contribution in [0.1, 0.15) is 25.8 Å². The van der Waals surface area contributed by atoms with Gasteiger partial charge in [-0.05, 0) is 37.0 Å². The number of aryl methyl sites for hydroxylation is 1. The lowest BCUT2D eigenvalue weighted by Gasteiger charge is -2.18. The lowest BCUT2D eigenvalue weighted by Crippen LogP contribution is -2.44. The van der Waals surface area contributed by atoms with Crippen LogP contribution in [0.4, 0.5) is 5.69 Å². The molecule has 0 fully saturated rings. The van der Waals surface area contributed by atoms with Crippen molar-refractivity contribution in [2.75, 3.05) is 11.9 Å². The zero-order valence-electron chi connectivity index (χ0n) is 12.4. The van der Waals surface area contributed by atoms with Crippen molar-refractivity contribution in [1.29, 1.82) is 0 Å². The molecular formula is C15H21ClN2O3. The maximum atomic E-state index is 11.8. The van der Waals surface area contributed by atoms with Gasteiger partial charge in [0.25, 0.3) is 0 Å². The lowest BCUT2D eigenvalue weighted by atomic mass is 10.0. The van der Waals surface area contributed by atoms with Crippen molar-refractivity contribution in [3.05, 3.63) is 28.8 Å². The van der Waals surface area contributed by atoms with E-state index in [2.05, 4.69) is 10.6 Å². The summed E-state index contributed by atoms with van der Waals surface area (Å²) in [6.45, 7) is 5.60. The highest BCUT2D eigenvalue weighted by Gasteiger charge is 2.19. The summed E-state index contributed by atoms with van der Waals surface area (Å²) in [4.78, 5) is 23.7. The van der Waals surface area contributed by atoms with Gasteiger partial charge in [0.15, 0.2) is 0 Å². The largest absolute Gasteiger partial charge is 0.394 e. The molecule has 0 aliphatic heterocycles. The first-order chi connectivity index (χ1) is 9.83. The maximum Gasteiger partial charge on any atom is 0.313 e. The van der Waals surface area contributed by atoms with Crippen LogP contribution in [0.2, 0.25) is 5.02 Å². The zero-order chi connectivity index (χ0) is 16.0. The van der Waals surface area contributed by atoms with E-state index in [9.17, 15) is 14.7 Å². The smallest absolute Gasteiger partial charge is 0.313 e. The van der Waals surface area contributed by atoms with Gasteiger partial charge in [-0.1, -0.05) is 31.5 Å². The van der Waals surface area contributed by atoms with E-state index in [1.807, 2.05) is 26.8 Å². The molecule has 0 aliphatic carbocycles. The third-order valence-corrected chi connectivity index (χ3v) is 3.22. The van der Waals surface area contributed by atoms with Crippen molar-refractivity contribution in [2.45, 2.75) is 33.2 Å². The van der Waals surface area contributed by atoms with Gasteiger partial charge in [0.2, 0.25) is 0 Å². The molecule has 0 aromatic heterocycles. The molecule has 0 heterocycles. The summed E-state index contributed by atoms with van der Waals surface area (Å²) in [6, 6.07) is 4.71. The van der Waals surface area contributed by atoms with Gasteiger partial charge in [0, 0.05) is 0 Å². The Labute approximate surface area is 129 Å². The van der Waals surface area contributed by atoms with Crippen LogP contribution in [0, 0.1) is 12.8 Å². The van der Waals surface area contributed by atoms with E-state index in [-0.39, 0.29) is 6.61 Å². The summed E-state index contributed by atoms with van der Waals surface area (Å²) in [6.07, 6.45) is 0.598. The van der Waals surface area contributed by atoms with Crippen LogP contribution in [0.3, 0.4) is 0 Å². The fraction of sp³-hybridized carbons (Fsp3) is 0.467. The summed E-state index contributed by atoms with van der Waals surface area (Å²) < 4.78 is 0. The lowest BCUT2D eigenvalue weighted by molar-refractivity contribution is -0.136. The predicted octanol–water partition coefficient (Wildman–Crippen LogP) is 2.11. The SMILES string of the molecule is Cc1ccc(Cl)c(NC(=O)C(=O)NC(CO)CC(C)C)c1. The van der Waals surface area contributed by atoms with Gasteiger partial charge in [-0.25, -0.2) is 0 Å². The topological polar surface area (TPSA) is 78.4 Å². The van der Waals surface area contributed by atoms with Gasteiger partial charge in [0.1, 0.15) is 0 Å². The minimum absolute atomic E-state index is 0.206. The minimum atomic E-state index is -0.801. The first-order valence-corrected chi connectivity index (χ1v) is 7.20. The van der Waals surface area contributed by atoms with Gasteiger partial charge >= 0.3 is 11.8 Å². The van der Waals surface area contributed by atoms with E-state index in [0.29, 0.717) is 23.0 Å². The van der Waals surface area contributed by atoms with Crippen LogP contribution < -0.4 is 10.6 Å². The molecule has 0 bridgehead atoms. The highest BCUT2D eigenvalue weighted by molar-refractivity contribution is 6.41. The van der Waals surface area contributed by atoms with Crippen molar-refractivity contribution < 1.29 is 14.7 Å². The average Bonchev–Trinajstić information content (AvgIpc) is 2.41. The second kappa shape index (κ2) is 8.00. The van der Waals surface area contributed by atoms with E-state index < -0.39 is 17.9 Å². The number of aliphatic hydroxyl groups excluding tert-OH is 1. The van der Waals surface area contributed by atoms with Crippen LogP contribution in [0.25, 0.3) is 0 Å². The number of benzene rings is 1. The zero-order valence-corrected chi connectivity index (χ0v) is 13.2. The summed E-state index contributed by atoms with van der Waals surface area (Å²) in [5.74, 6) is -1.28. The van der Waals surface area contributed by atoms with Gasteiger partial charge in [0.05, 0.1) is 23.4 Å². The van der Waals surface area contributed by atoms with E-state index in [1.165, 1.54) is 0 Å². The molecule has 1 aromatic carbocycles. The molecule has 0 spiro atoms. The van der Waals surface area contributed by atoms with Crippen molar-refractivity contribution in [2.24, 2.45) is 5.92 Å². The van der Waals surface area contributed by atoms with Crippen molar-refractivity contribution >= 4 is 29.1 Å². The number of nitrogens with one attached hydrogen (secondary N) is 2. The molecule has 0 aliphatic rings. The summed E-state index contributed by atoms with van der Waals surface area (Å²) >= 11 is 5.96. The molecule has 1 atom stereocenters. The molecule has 2 amide bonds. The Kier molecular flexibility index (Phi) is 6.65. The maximum absolute atomic E-state index is 11.8. The first kappa shape index (κ1) is 17.5. The molecular weight excluding hydrogens is 292 g/mol. The number of carbonyl (C=O) groups excluding carboxylic acids is 2. The number of amides is 2. The third kappa shape index (κ3) is 5.73. The Balaban J connectivity index is 2.66. The Hall–Kier alpha value is -1.59. The van der Waals surface area contributed by atoms with Gasteiger partial charge in [-0.15, -0.1) is 0 Å². The van der Waals surface area contributed by atoms with Crippen molar-refractivity contribution in [1.82, 2.24) is 5.32 Å². The Morgan fingerprint density at radius 3 is 2.52 bits per heavy atom. The average molecular weight is 313 g/mol.